The first-order valence-electron chi connectivity index (χ1n) is 9.52. The number of amidine groups is 1. The van der Waals surface area contributed by atoms with Crippen LogP contribution in [0.4, 0.5) is 5.69 Å². The van der Waals surface area contributed by atoms with Gasteiger partial charge in [-0.05, 0) is 40.8 Å². The summed E-state index contributed by atoms with van der Waals surface area (Å²) in [6.07, 6.45) is 3.49. The first-order valence-corrected chi connectivity index (χ1v) is 9.52. The Bertz CT molecular complexity index is 859. The minimum atomic E-state index is -0.570. The predicted octanol–water partition coefficient (Wildman–Crippen LogP) is 0.0921. The first-order chi connectivity index (χ1) is 13.0. The van der Waals surface area contributed by atoms with Crippen LogP contribution in [0.3, 0.4) is 0 Å². The SMILES string of the molecule is CN1CCN/C(=C\C(N)=Nc2cc(B3OC(C)(C)C(C)(C)O3)cn(C)c2=O)C1. The molecule has 0 aliphatic carbocycles. The number of aryl methyl sites for hydroxylation is 1. The fourth-order valence-electron chi connectivity index (χ4n) is 3.19. The minimum absolute atomic E-state index is 0.227. The van der Waals surface area contributed by atoms with Crippen molar-refractivity contribution in [3.8, 4) is 0 Å². The van der Waals surface area contributed by atoms with Gasteiger partial charge in [0.2, 0.25) is 0 Å². The molecule has 1 aromatic heterocycles. The molecule has 0 amide bonds. The molecular formula is C19H30BN5O3. The Hall–Kier alpha value is -2.10. The molecule has 0 radical (unpaired) electrons. The van der Waals surface area contributed by atoms with E-state index in [1.54, 1.807) is 25.4 Å². The molecule has 2 saturated heterocycles. The van der Waals surface area contributed by atoms with E-state index in [0.717, 1.165) is 30.8 Å². The van der Waals surface area contributed by atoms with Crippen molar-refractivity contribution in [1.82, 2.24) is 14.8 Å². The summed E-state index contributed by atoms with van der Waals surface area (Å²) in [7, 11) is 3.16. The van der Waals surface area contributed by atoms with Crippen LogP contribution in [-0.2, 0) is 16.4 Å². The quantitative estimate of drug-likeness (QED) is 0.434. The van der Waals surface area contributed by atoms with E-state index in [2.05, 4.69) is 15.2 Å². The first kappa shape index (κ1) is 20.6. The highest BCUT2D eigenvalue weighted by atomic mass is 16.7. The maximum absolute atomic E-state index is 12.5. The molecule has 8 nitrogen and oxygen atoms in total. The summed E-state index contributed by atoms with van der Waals surface area (Å²) in [4.78, 5) is 19.1. The fraction of sp³-hybridized carbons (Fsp3) is 0.579. The summed E-state index contributed by atoms with van der Waals surface area (Å²) in [5, 5.41) is 3.30. The van der Waals surface area contributed by atoms with Gasteiger partial charge >= 0.3 is 7.12 Å². The number of rotatable bonds is 3. The van der Waals surface area contributed by atoms with Gasteiger partial charge in [-0.25, -0.2) is 4.99 Å². The van der Waals surface area contributed by atoms with Crippen LogP contribution < -0.4 is 22.1 Å². The topological polar surface area (TPSA) is 94.1 Å². The van der Waals surface area contributed by atoms with Gasteiger partial charge in [0, 0.05) is 50.1 Å². The summed E-state index contributed by atoms with van der Waals surface area (Å²) in [6.45, 7) is 10.6. The number of aliphatic imine (C=N–C) groups is 1. The van der Waals surface area contributed by atoms with Gasteiger partial charge in [-0.15, -0.1) is 0 Å². The van der Waals surface area contributed by atoms with Crippen LogP contribution >= 0.6 is 0 Å². The van der Waals surface area contributed by atoms with Crippen molar-refractivity contribution in [1.29, 1.82) is 0 Å². The summed E-state index contributed by atoms with van der Waals surface area (Å²) < 4.78 is 13.7. The van der Waals surface area contributed by atoms with E-state index in [1.165, 1.54) is 4.57 Å². The Morgan fingerprint density at radius 2 is 1.93 bits per heavy atom. The molecule has 3 heterocycles. The highest BCUT2D eigenvalue weighted by molar-refractivity contribution is 6.62. The number of piperazine rings is 1. The van der Waals surface area contributed by atoms with Gasteiger partial charge in [-0.1, -0.05) is 0 Å². The van der Waals surface area contributed by atoms with E-state index in [0.29, 0.717) is 0 Å². The number of hydrogen-bond acceptors (Lipinski definition) is 6. The Balaban J connectivity index is 1.90. The average molecular weight is 387 g/mol. The molecule has 3 N–H and O–H groups in total. The van der Waals surface area contributed by atoms with Gasteiger partial charge in [0.05, 0.1) is 11.2 Å². The predicted molar refractivity (Wildman–Crippen MR) is 112 cm³/mol. The lowest BCUT2D eigenvalue weighted by molar-refractivity contribution is 0.00578. The second kappa shape index (κ2) is 7.38. The third kappa shape index (κ3) is 4.16. The van der Waals surface area contributed by atoms with Crippen LogP contribution in [0.25, 0.3) is 0 Å². The van der Waals surface area contributed by atoms with Gasteiger partial charge < -0.3 is 24.9 Å². The van der Waals surface area contributed by atoms with E-state index in [9.17, 15) is 4.79 Å². The molecule has 2 aliphatic heterocycles. The molecular weight excluding hydrogens is 357 g/mol. The standard InChI is InChI=1S/C19H30BN5O3/c1-18(2)19(3,4)28-20(27-18)13-9-15(17(26)25(6)11-13)23-16(21)10-14-12-24(5)8-7-22-14/h9-11,22H,7-8,12H2,1-6H3,(H2,21,23)/b14-10-. The lowest BCUT2D eigenvalue weighted by atomic mass is 9.80. The summed E-state index contributed by atoms with van der Waals surface area (Å²) in [5.74, 6) is 0.279. The number of pyridine rings is 1. The van der Waals surface area contributed by atoms with E-state index >= 15 is 0 Å². The van der Waals surface area contributed by atoms with Crippen molar-refractivity contribution < 1.29 is 9.31 Å². The Labute approximate surface area is 166 Å². The van der Waals surface area contributed by atoms with Gasteiger partial charge in [-0.2, -0.15) is 0 Å². The number of nitrogens with zero attached hydrogens (tertiary/aromatic N) is 3. The van der Waals surface area contributed by atoms with E-state index in [1.807, 2.05) is 34.7 Å². The molecule has 3 rings (SSSR count). The monoisotopic (exact) mass is 387 g/mol. The molecule has 9 heteroatoms. The Kier molecular flexibility index (Phi) is 5.44. The molecule has 0 bridgehead atoms. The molecule has 0 saturated carbocycles. The molecule has 28 heavy (non-hydrogen) atoms. The second-order valence-corrected chi connectivity index (χ2v) is 8.53. The zero-order valence-electron chi connectivity index (χ0n) is 17.6. The molecule has 2 aliphatic rings. The molecule has 0 aromatic carbocycles. The molecule has 0 spiro atoms. The van der Waals surface area contributed by atoms with Crippen molar-refractivity contribution in [2.24, 2.45) is 17.8 Å². The third-order valence-electron chi connectivity index (χ3n) is 5.57. The second-order valence-electron chi connectivity index (χ2n) is 8.53. The van der Waals surface area contributed by atoms with E-state index in [-0.39, 0.29) is 17.1 Å². The van der Waals surface area contributed by atoms with Crippen LogP contribution in [0.5, 0.6) is 0 Å². The van der Waals surface area contributed by atoms with E-state index in [4.69, 9.17) is 15.0 Å². The third-order valence-corrected chi connectivity index (χ3v) is 5.57. The average Bonchev–Trinajstić information content (AvgIpc) is 2.79. The number of hydrogen-bond donors (Lipinski definition) is 2. The van der Waals surface area contributed by atoms with Crippen LogP contribution in [0, 0.1) is 0 Å². The zero-order chi connectivity index (χ0) is 20.7. The van der Waals surface area contributed by atoms with Crippen molar-refractivity contribution in [2.45, 2.75) is 38.9 Å². The molecule has 1 aromatic rings. The normalized spacial score (nSPS) is 23.9. The molecule has 0 atom stereocenters. The maximum atomic E-state index is 12.5. The Morgan fingerprint density at radius 1 is 1.29 bits per heavy atom. The molecule has 2 fully saturated rings. The van der Waals surface area contributed by atoms with Gasteiger partial charge in [0.1, 0.15) is 11.5 Å². The van der Waals surface area contributed by atoms with Crippen LogP contribution in [0.2, 0.25) is 0 Å². The smallest absolute Gasteiger partial charge is 0.399 e. The van der Waals surface area contributed by atoms with Crippen molar-refractivity contribution >= 4 is 24.1 Å². The van der Waals surface area contributed by atoms with Crippen LogP contribution in [-0.4, -0.2) is 60.3 Å². The van der Waals surface area contributed by atoms with Crippen molar-refractivity contribution in [2.75, 3.05) is 26.7 Å². The van der Waals surface area contributed by atoms with Crippen LogP contribution in [0.15, 0.2) is 33.8 Å². The van der Waals surface area contributed by atoms with Gasteiger partial charge in [-0.3, -0.25) is 9.69 Å². The number of aromatic nitrogens is 1. The van der Waals surface area contributed by atoms with Crippen LogP contribution in [0.1, 0.15) is 27.7 Å². The van der Waals surface area contributed by atoms with Crippen molar-refractivity contribution in [3.63, 3.8) is 0 Å². The number of nitrogens with one attached hydrogen (secondary N) is 1. The highest BCUT2D eigenvalue weighted by Crippen LogP contribution is 2.36. The largest absolute Gasteiger partial charge is 0.496 e. The summed E-state index contributed by atoms with van der Waals surface area (Å²) in [5.41, 5.74) is 6.92. The Morgan fingerprint density at radius 3 is 2.54 bits per heavy atom. The molecule has 152 valence electrons. The van der Waals surface area contributed by atoms with E-state index < -0.39 is 18.3 Å². The number of nitrogens with two attached hydrogens (primary N) is 1. The van der Waals surface area contributed by atoms with Gasteiger partial charge in [0.25, 0.3) is 5.56 Å². The molecule has 0 unspecified atom stereocenters. The van der Waals surface area contributed by atoms with Gasteiger partial charge in [0.15, 0.2) is 0 Å². The highest BCUT2D eigenvalue weighted by Gasteiger charge is 2.51. The number of likely N-dealkylation sites (N-methyl/N-ethyl adjacent to an activating group) is 1. The minimum Gasteiger partial charge on any atom is -0.399 e. The lowest BCUT2D eigenvalue weighted by Gasteiger charge is -2.32. The fourth-order valence-corrected chi connectivity index (χ4v) is 3.19. The zero-order valence-corrected chi connectivity index (χ0v) is 17.6. The lowest BCUT2D eigenvalue weighted by Crippen LogP contribution is -2.41. The summed E-state index contributed by atoms with van der Waals surface area (Å²) >= 11 is 0. The summed E-state index contributed by atoms with van der Waals surface area (Å²) in [6, 6.07) is 1.69. The maximum Gasteiger partial charge on any atom is 0.496 e. The van der Waals surface area contributed by atoms with Crippen molar-refractivity contribution in [3.05, 3.63) is 34.4 Å².